The van der Waals surface area contributed by atoms with Gasteiger partial charge in [0, 0.05) is 39.2 Å². The van der Waals surface area contributed by atoms with Gasteiger partial charge in [-0.05, 0) is 0 Å². The van der Waals surface area contributed by atoms with Crippen LogP contribution in [0.4, 0.5) is 0 Å². The zero-order valence-electron chi connectivity index (χ0n) is 11.6. The van der Waals surface area contributed by atoms with E-state index in [1.807, 2.05) is 0 Å². The molecule has 2 atom stereocenters. The maximum Gasteiger partial charge on any atom is 0.246 e. The second-order valence-corrected chi connectivity index (χ2v) is 7.56. The minimum absolute atomic E-state index is 0.0245. The molecule has 1 aromatic rings. The first-order valence-electron chi connectivity index (χ1n) is 6.90. The number of nitrogens with zero attached hydrogens (tertiary/aromatic N) is 4. The summed E-state index contributed by atoms with van der Waals surface area (Å²) in [5.74, 6) is -0.0245. The van der Waals surface area contributed by atoms with Crippen molar-refractivity contribution in [3.63, 3.8) is 0 Å². The molecule has 3 aliphatic heterocycles. The monoisotopic (exact) mass is 312 g/mol. The molecule has 0 bridgehead atoms. The number of aromatic nitrogens is 2. The topological polar surface area (TPSA) is 84.7 Å². The third kappa shape index (κ3) is 1.59. The number of rotatable bonds is 2. The number of hydrogen-bond donors (Lipinski definition) is 0. The number of carbonyl (C=O) groups excluding carboxylic acids is 1. The van der Waals surface area contributed by atoms with Crippen LogP contribution in [0.1, 0.15) is 12.8 Å². The lowest BCUT2D eigenvalue weighted by Gasteiger charge is -2.31. The molecule has 4 rings (SSSR count). The lowest BCUT2D eigenvalue weighted by atomic mass is 10.1. The molecular weight excluding hydrogens is 296 g/mol. The lowest BCUT2D eigenvalue weighted by Crippen LogP contribution is -2.48. The third-order valence-corrected chi connectivity index (χ3v) is 6.50. The summed E-state index contributed by atoms with van der Waals surface area (Å²) in [6, 6.07) is -0.433. The van der Waals surface area contributed by atoms with Gasteiger partial charge in [-0.3, -0.25) is 9.48 Å². The van der Waals surface area contributed by atoms with Crippen molar-refractivity contribution in [1.82, 2.24) is 19.0 Å². The lowest BCUT2D eigenvalue weighted by molar-refractivity contribution is -0.136. The molecule has 9 heteroatoms. The molecule has 0 aliphatic carbocycles. The molecule has 4 heterocycles. The van der Waals surface area contributed by atoms with Gasteiger partial charge in [-0.1, -0.05) is 0 Å². The smallest absolute Gasteiger partial charge is 0.246 e. The van der Waals surface area contributed by atoms with E-state index in [9.17, 15) is 13.2 Å². The summed E-state index contributed by atoms with van der Waals surface area (Å²) in [7, 11) is -1.98. The maximum absolute atomic E-state index is 12.8. The van der Waals surface area contributed by atoms with Gasteiger partial charge in [0.05, 0.1) is 18.8 Å². The van der Waals surface area contributed by atoms with Crippen molar-refractivity contribution in [2.45, 2.75) is 29.5 Å². The molecule has 0 aromatic carbocycles. The van der Waals surface area contributed by atoms with Crippen LogP contribution in [0, 0.1) is 0 Å². The Morgan fingerprint density at radius 3 is 2.95 bits per heavy atom. The van der Waals surface area contributed by atoms with Gasteiger partial charge in [0.2, 0.25) is 15.9 Å². The van der Waals surface area contributed by atoms with E-state index in [0.29, 0.717) is 26.1 Å². The number of amides is 1. The van der Waals surface area contributed by atoms with E-state index in [4.69, 9.17) is 4.74 Å². The molecule has 3 aliphatic rings. The predicted molar refractivity (Wildman–Crippen MR) is 70.5 cm³/mol. The molecule has 1 spiro atoms. The largest absolute Gasteiger partial charge is 0.352 e. The van der Waals surface area contributed by atoms with Gasteiger partial charge in [-0.15, -0.1) is 0 Å². The van der Waals surface area contributed by atoms with Crippen LogP contribution in [0.15, 0.2) is 17.3 Å². The fourth-order valence-electron chi connectivity index (χ4n) is 3.71. The number of aryl methyl sites for hydroxylation is 1. The Bertz CT molecular complexity index is 715. The summed E-state index contributed by atoms with van der Waals surface area (Å²) in [6.45, 7) is 1.39. The van der Waals surface area contributed by atoms with Crippen molar-refractivity contribution >= 4 is 15.9 Å². The van der Waals surface area contributed by atoms with Gasteiger partial charge in [-0.25, -0.2) is 8.42 Å². The fourth-order valence-corrected chi connectivity index (χ4v) is 5.35. The van der Waals surface area contributed by atoms with Gasteiger partial charge in [0.1, 0.15) is 4.90 Å². The van der Waals surface area contributed by atoms with Gasteiger partial charge >= 0.3 is 0 Å². The maximum atomic E-state index is 12.8. The zero-order chi connectivity index (χ0) is 14.8. The van der Waals surface area contributed by atoms with Crippen LogP contribution in [0.2, 0.25) is 0 Å². The normalized spacial score (nSPS) is 32.7. The Morgan fingerprint density at radius 2 is 2.24 bits per heavy atom. The van der Waals surface area contributed by atoms with Crippen molar-refractivity contribution in [2.75, 3.05) is 19.7 Å². The quantitative estimate of drug-likeness (QED) is 0.709. The summed E-state index contributed by atoms with van der Waals surface area (Å²) >= 11 is 0. The van der Waals surface area contributed by atoms with Crippen molar-refractivity contribution in [1.29, 1.82) is 0 Å². The van der Waals surface area contributed by atoms with E-state index in [2.05, 4.69) is 5.10 Å². The minimum atomic E-state index is -3.65. The highest BCUT2D eigenvalue weighted by molar-refractivity contribution is 7.89. The average molecular weight is 312 g/mol. The van der Waals surface area contributed by atoms with Crippen LogP contribution < -0.4 is 0 Å². The van der Waals surface area contributed by atoms with E-state index in [1.54, 1.807) is 11.9 Å². The third-order valence-electron chi connectivity index (χ3n) is 4.64. The van der Waals surface area contributed by atoms with Crippen molar-refractivity contribution in [2.24, 2.45) is 7.05 Å². The van der Waals surface area contributed by atoms with E-state index in [1.165, 1.54) is 21.4 Å². The highest BCUT2D eigenvalue weighted by Gasteiger charge is 2.64. The molecule has 1 amide bonds. The van der Waals surface area contributed by atoms with Gasteiger partial charge in [0.15, 0.2) is 5.72 Å². The SMILES string of the molecule is Cn1cc(S(=O)(=O)N2CC[C@@]34OCCN3C(=O)C[C@@H]24)cn1. The highest BCUT2D eigenvalue weighted by atomic mass is 32.2. The molecule has 0 radical (unpaired) electrons. The molecule has 21 heavy (non-hydrogen) atoms. The number of ether oxygens (including phenoxy) is 1. The summed E-state index contributed by atoms with van der Waals surface area (Å²) in [6.07, 6.45) is 3.54. The van der Waals surface area contributed by atoms with E-state index < -0.39 is 21.8 Å². The molecular formula is C12H16N4O4S. The van der Waals surface area contributed by atoms with E-state index in [0.717, 1.165) is 0 Å². The van der Waals surface area contributed by atoms with E-state index in [-0.39, 0.29) is 17.2 Å². The summed E-state index contributed by atoms with van der Waals surface area (Å²) in [5.41, 5.74) is -0.744. The second kappa shape index (κ2) is 4.05. The molecule has 8 nitrogen and oxygen atoms in total. The van der Waals surface area contributed by atoms with Crippen LogP contribution in [-0.2, 0) is 26.6 Å². The van der Waals surface area contributed by atoms with Crippen LogP contribution in [0.3, 0.4) is 0 Å². The zero-order valence-corrected chi connectivity index (χ0v) is 12.4. The van der Waals surface area contributed by atoms with Crippen LogP contribution in [-0.4, -0.2) is 64.8 Å². The number of hydrogen-bond acceptors (Lipinski definition) is 5. The fraction of sp³-hybridized carbons (Fsp3) is 0.667. The van der Waals surface area contributed by atoms with Crippen LogP contribution in [0.25, 0.3) is 0 Å². The molecule has 114 valence electrons. The standard InChI is InChI=1S/C12H16N4O4S/c1-14-8-9(7-13-14)21(18,19)16-3-2-12-10(16)6-11(17)15(12)4-5-20-12/h7-8,10H,2-6H2,1H3/t10-,12+/m1/s1. The Morgan fingerprint density at radius 1 is 1.43 bits per heavy atom. The van der Waals surface area contributed by atoms with Crippen LogP contribution in [0.5, 0.6) is 0 Å². The van der Waals surface area contributed by atoms with Gasteiger partial charge in [-0.2, -0.15) is 9.40 Å². The first-order chi connectivity index (χ1) is 9.95. The molecule has 0 unspecified atom stereocenters. The average Bonchev–Trinajstić information content (AvgIpc) is 3.13. The molecule has 0 N–H and O–H groups in total. The van der Waals surface area contributed by atoms with Crippen LogP contribution >= 0.6 is 0 Å². The van der Waals surface area contributed by atoms with E-state index >= 15 is 0 Å². The van der Waals surface area contributed by atoms with Gasteiger partial charge in [0.25, 0.3) is 0 Å². The van der Waals surface area contributed by atoms with Crippen molar-refractivity contribution in [3.05, 3.63) is 12.4 Å². The highest BCUT2D eigenvalue weighted by Crippen LogP contribution is 2.47. The van der Waals surface area contributed by atoms with Crippen molar-refractivity contribution in [3.8, 4) is 0 Å². The number of sulfonamides is 1. The molecule has 3 fully saturated rings. The Hall–Kier alpha value is -1.45. The summed E-state index contributed by atoms with van der Waals surface area (Å²) in [4.78, 5) is 13.9. The number of carbonyl (C=O) groups is 1. The molecule has 1 aromatic heterocycles. The van der Waals surface area contributed by atoms with Gasteiger partial charge < -0.3 is 9.64 Å². The predicted octanol–water partition coefficient (Wildman–Crippen LogP) is -0.858. The first-order valence-corrected chi connectivity index (χ1v) is 8.34. The summed E-state index contributed by atoms with van der Waals surface area (Å²) < 4.78 is 34.2. The Kier molecular flexibility index (Phi) is 2.55. The first kappa shape index (κ1) is 13.2. The Labute approximate surface area is 122 Å². The second-order valence-electron chi connectivity index (χ2n) is 5.67. The Balaban J connectivity index is 1.73. The summed E-state index contributed by atoms with van der Waals surface area (Å²) in [5, 5.41) is 3.92. The molecule has 0 saturated carbocycles. The molecule has 3 saturated heterocycles. The van der Waals surface area contributed by atoms with Crippen molar-refractivity contribution < 1.29 is 17.9 Å². The minimum Gasteiger partial charge on any atom is -0.352 e.